The second-order valence-electron chi connectivity index (χ2n) is 2.53. The van der Waals surface area contributed by atoms with Gasteiger partial charge in [-0.1, -0.05) is 36.1 Å². The predicted molar refractivity (Wildman–Crippen MR) is 44.4 cm³/mol. The topological polar surface area (TPSA) is 80.3 Å². The van der Waals surface area contributed by atoms with Crippen LogP contribution in [0.1, 0.15) is 5.56 Å². The van der Waals surface area contributed by atoms with E-state index < -0.39 is 17.5 Å². The normalized spacial score (nSPS) is 10.3. The number of aliphatic carboxylic acids is 1. The van der Waals surface area contributed by atoms with Gasteiger partial charge in [0.15, 0.2) is 0 Å². The maximum atomic E-state index is 11.2. The molecule has 0 aromatic heterocycles. The Bertz CT molecular complexity index is 384. The van der Waals surface area contributed by atoms with Crippen molar-refractivity contribution in [1.29, 1.82) is 0 Å². The quantitative estimate of drug-likeness (QED) is 0.291. The average Bonchev–Trinajstić information content (AvgIpc) is 2.19. The molecule has 72 valence electrons. The van der Waals surface area contributed by atoms with E-state index in [4.69, 9.17) is 0 Å². The molecule has 0 unspecified atom stereocenters. The third kappa shape index (κ3) is 4.04. The molecule has 0 N–H and O–H groups in total. The van der Waals surface area contributed by atoms with Gasteiger partial charge in [0.25, 0.3) is 0 Å². The molecule has 0 spiro atoms. The van der Waals surface area contributed by atoms with Crippen LogP contribution in [0.2, 0.25) is 0 Å². The van der Waals surface area contributed by atoms with Gasteiger partial charge in [-0.3, -0.25) is 4.79 Å². The van der Waals surface area contributed by atoms with E-state index in [9.17, 15) is 19.8 Å². The molecule has 0 heterocycles. The summed E-state index contributed by atoms with van der Waals surface area (Å²) in [5.41, 5.74) is 0.266. The van der Waals surface area contributed by atoms with Gasteiger partial charge in [-0.25, -0.2) is 0 Å². The third-order valence-electron chi connectivity index (χ3n) is 1.52. The second-order valence-corrected chi connectivity index (χ2v) is 2.53. The summed E-state index contributed by atoms with van der Waals surface area (Å²) >= 11 is 0. The van der Waals surface area contributed by atoms with Crippen LogP contribution in [0.25, 0.3) is 5.76 Å². The van der Waals surface area contributed by atoms with Crippen molar-refractivity contribution in [3.8, 4) is 0 Å². The SMILES string of the molecule is O=C([O-])C(=O)/C=C(\[O-])c1ccccc1.[Zn+2]. The summed E-state index contributed by atoms with van der Waals surface area (Å²) in [4.78, 5) is 20.6. The molecule has 0 radical (unpaired) electrons. The summed E-state index contributed by atoms with van der Waals surface area (Å²) in [6, 6.07) is 7.91. The minimum absolute atomic E-state index is 0. The Morgan fingerprint density at radius 1 is 1.07 bits per heavy atom. The molecular formula is C10H6O4Zn. The van der Waals surface area contributed by atoms with Gasteiger partial charge in [-0.05, 0) is 11.6 Å². The Labute approximate surface area is 99.0 Å². The molecule has 0 fully saturated rings. The molecule has 1 aromatic carbocycles. The Morgan fingerprint density at radius 3 is 2.07 bits per heavy atom. The van der Waals surface area contributed by atoms with Crippen LogP contribution in [-0.4, -0.2) is 11.8 Å². The minimum Gasteiger partial charge on any atom is -0.872 e. The zero-order valence-electron chi connectivity index (χ0n) is 7.80. The molecule has 0 saturated carbocycles. The number of carboxylic acid groups (broad SMARTS) is 1. The van der Waals surface area contributed by atoms with Crippen molar-refractivity contribution >= 4 is 17.5 Å². The van der Waals surface area contributed by atoms with E-state index >= 15 is 0 Å². The number of carboxylic acids is 1. The van der Waals surface area contributed by atoms with Crippen LogP contribution in [0.4, 0.5) is 0 Å². The minimum atomic E-state index is -1.88. The standard InChI is InChI=1S/C10H8O4.Zn/c11-8(6-9(12)10(13)14)7-4-2-1-3-5-7;/h1-6,11H,(H,13,14);/q;+2/p-2/b8-6-;. The molecular weight excluding hydrogens is 249 g/mol. The van der Waals surface area contributed by atoms with Crippen LogP contribution in [0.15, 0.2) is 36.4 Å². The number of rotatable bonds is 3. The van der Waals surface area contributed by atoms with E-state index in [1.165, 1.54) is 12.1 Å². The van der Waals surface area contributed by atoms with Crippen LogP contribution in [0, 0.1) is 0 Å². The average molecular weight is 256 g/mol. The summed E-state index contributed by atoms with van der Waals surface area (Å²) in [7, 11) is 0. The van der Waals surface area contributed by atoms with Gasteiger partial charge in [0.1, 0.15) is 5.97 Å². The smallest absolute Gasteiger partial charge is 0.872 e. The van der Waals surface area contributed by atoms with Crippen LogP contribution in [0.5, 0.6) is 0 Å². The molecule has 0 saturated heterocycles. The van der Waals surface area contributed by atoms with Gasteiger partial charge in [-0.2, -0.15) is 0 Å². The van der Waals surface area contributed by atoms with E-state index in [0.717, 1.165) is 0 Å². The molecule has 15 heavy (non-hydrogen) atoms. The van der Waals surface area contributed by atoms with Crippen LogP contribution >= 0.6 is 0 Å². The van der Waals surface area contributed by atoms with E-state index in [0.29, 0.717) is 6.08 Å². The Hall–Kier alpha value is -1.48. The molecule has 5 heteroatoms. The first-order chi connectivity index (χ1) is 6.61. The molecule has 0 amide bonds. The van der Waals surface area contributed by atoms with Crippen molar-refractivity contribution < 1.29 is 39.3 Å². The molecule has 1 rings (SSSR count). The fourth-order valence-electron chi connectivity index (χ4n) is 0.864. The van der Waals surface area contributed by atoms with Gasteiger partial charge < -0.3 is 15.0 Å². The van der Waals surface area contributed by atoms with Crippen molar-refractivity contribution in [2.75, 3.05) is 0 Å². The van der Waals surface area contributed by atoms with Gasteiger partial charge in [0.05, 0.1) is 0 Å². The van der Waals surface area contributed by atoms with E-state index in [-0.39, 0.29) is 25.0 Å². The molecule has 1 aromatic rings. The fraction of sp³-hybridized carbons (Fsp3) is 0. The van der Waals surface area contributed by atoms with Gasteiger partial charge in [-0.15, -0.1) is 0 Å². The van der Waals surface area contributed by atoms with Crippen molar-refractivity contribution in [3.05, 3.63) is 42.0 Å². The maximum absolute atomic E-state index is 11.2. The van der Waals surface area contributed by atoms with E-state index in [1.54, 1.807) is 18.2 Å². The Morgan fingerprint density at radius 2 is 1.60 bits per heavy atom. The predicted octanol–water partition coefficient (Wildman–Crippen LogP) is -1.30. The zero-order valence-corrected chi connectivity index (χ0v) is 10.8. The maximum Gasteiger partial charge on any atom is 2.00 e. The number of benzene rings is 1. The van der Waals surface area contributed by atoms with Gasteiger partial charge in [0, 0.05) is 0 Å². The molecule has 4 nitrogen and oxygen atoms in total. The summed E-state index contributed by atoms with van der Waals surface area (Å²) in [6.45, 7) is 0. The van der Waals surface area contributed by atoms with Crippen LogP contribution < -0.4 is 10.2 Å². The molecule has 0 aliphatic heterocycles. The van der Waals surface area contributed by atoms with Crippen molar-refractivity contribution in [1.82, 2.24) is 0 Å². The third-order valence-corrected chi connectivity index (χ3v) is 1.52. The fourth-order valence-corrected chi connectivity index (χ4v) is 0.864. The monoisotopic (exact) mass is 254 g/mol. The summed E-state index contributed by atoms with van der Waals surface area (Å²) < 4.78 is 0. The molecule has 0 aliphatic rings. The number of carbonyl (C=O) groups excluding carboxylic acids is 2. The summed E-state index contributed by atoms with van der Waals surface area (Å²) in [5, 5.41) is 21.2. The molecule has 0 atom stereocenters. The first kappa shape index (κ1) is 13.5. The number of hydrogen-bond donors (Lipinski definition) is 0. The van der Waals surface area contributed by atoms with Crippen LogP contribution in [-0.2, 0) is 29.1 Å². The van der Waals surface area contributed by atoms with E-state index in [1.807, 2.05) is 0 Å². The number of ketones is 1. The molecule has 0 aliphatic carbocycles. The van der Waals surface area contributed by atoms with Crippen molar-refractivity contribution in [3.63, 3.8) is 0 Å². The van der Waals surface area contributed by atoms with Crippen molar-refractivity contribution in [2.45, 2.75) is 0 Å². The van der Waals surface area contributed by atoms with E-state index in [2.05, 4.69) is 0 Å². The summed E-state index contributed by atoms with van der Waals surface area (Å²) in [6.07, 6.45) is 0.505. The zero-order chi connectivity index (χ0) is 10.6. The van der Waals surface area contributed by atoms with Gasteiger partial charge >= 0.3 is 19.5 Å². The molecule has 0 bridgehead atoms. The Kier molecular flexibility index (Phi) is 5.49. The Balaban J connectivity index is 0.00000196. The number of carbonyl (C=O) groups is 2. The van der Waals surface area contributed by atoms with Gasteiger partial charge in [0.2, 0.25) is 5.78 Å². The number of hydrogen-bond acceptors (Lipinski definition) is 4. The van der Waals surface area contributed by atoms with Crippen molar-refractivity contribution in [2.24, 2.45) is 0 Å². The largest absolute Gasteiger partial charge is 2.00 e. The van der Waals surface area contributed by atoms with Crippen LogP contribution in [0.3, 0.4) is 0 Å². The first-order valence-electron chi connectivity index (χ1n) is 3.80. The summed E-state index contributed by atoms with van der Waals surface area (Å²) in [5.74, 6) is -3.84. The first-order valence-corrected chi connectivity index (χ1v) is 3.80. The second kappa shape index (κ2) is 6.09.